The number of carbonyl (C=O) groups excluding carboxylic acids is 2. The van der Waals surface area contributed by atoms with E-state index >= 15 is 0 Å². The standard InChI is InChI=1S/C28H32N4O4S/c1-37(35,36)32-18-16-31(17-19-32)21-23-10-7-11-24(20-23)27(33)30-26-13-6-5-12-25(26)28(34)29-15-14-22-8-3-2-4-9-22/h2-13,20H,14-19,21H2,1H3,(H,29,34)(H,30,33). The van der Waals surface area contributed by atoms with Gasteiger partial charge in [-0.25, -0.2) is 8.42 Å². The van der Waals surface area contributed by atoms with Crippen molar-refractivity contribution in [1.82, 2.24) is 14.5 Å². The first-order valence-electron chi connectivity index (χ1n) is 12.3. The lowest BCUT2D eigenvalue weighted by molar-refractivity contribution is 0.0955. The number of benzene rings is 3. The van der Waals surface area contributed by atoms with Crippen LogP contribution in [0.1, 0.15) is 31.8 Å². The molecule has 0 atom stereocenters. The van der Waals surface area contributed by atoms with Gasteiger partial charge < -0.3 is 10.6 Å². The fourth-order valence-corrected chi connectivity index (χ4v) is 5.16. The zero-order valence-corrected chi connectivity index (χ0v) is 21.7. The predicted molar refractivity (Wildman–Crippen MR) is 145 cm³/mol. The van der Waals surface area contributed by atoms with Gasteiger partial charge in [0.2, 0.25) is 10.0 Å². The molecule has 1 heterocycles. The normalized spacial score (nSPS) is 14.7. The maximum atomic E-state index is 13.1. The third-order valence-electron chi connectivity index (χ3n) is 6.36. The van der Waals surface area contributed by atoms with Crippen molar-refractivity contribution in [2.75, 3.05) is 44.3 Å². The fraction of sp³-hybridized carbons (Fsp3) is 0.286. The predicted octanol–water partition coefficient (Wildman–Crippen LogP) is 2.99. The molecule has 1 fully saturated rings. The number of amides is 2. The highest BCUT2D eigenvalue weighted by molar-refractivity contribution is 7.88. The van der Waals surface area contributed by atoms with E-state index in [0.29, 0.717) is 56.1 Å². The number of carbonyl (C=O) groups is 2. The van der Waals surface area contributed by atoms with Crippen LogP contribution < -0.4 is 10.6 Å². The minimum atomic E-state index is -3.17. The molecule has 194 valence electrons. The van der Waals surface area contributed by atoms with Crippen LogP contribution >= 0.6 is 0 Å². The highest BCUT2D eigenvalue weighted by Gasteiger charge is 2.23. The Morgan fingerprint density at radius 2 is 1.49 bits per heavy atom. The number of hydrogen-bond acceptors (Lipinski definition) is 5. The number of para-hydroxylation sites is 1. The SMILES string of the molecule is CS(=O)(=O)N1CCN(Cc2cccc(C(=O)Nc3ccccc3C(=O)NCCc3ccccc3)c2)CC1. The number of hydrogen-bond donors (Lipinski definition) is 2. The molecule has 3 aromatic rings. The summed E-state index contributed by atoms with van der Waals surface area (Å²) in [5.74, 6) is -0.540. The number of sulfonamides is 1. The molecule has 1 aliphatic heterocycles. The van der Waals surface area contributed by atoms with Crippen LogP contribution in [-0.2, 0) is 23.0 Å². The summed E-state index contributed by atoms with van der Waals surface area (Å²) in [6.07, 6.45) is 1.95. The summed E-state index contributed by atoms with van der Waals surface area (Å²) in [5.41, 5.74) is 3.45. The lowest BCUT2D eigenvalue weighted by Gasteiger charge is -2.33. The second-order valence-corrected chi connectivity index (χ2v) is 11.1. The van der Waals surface area contributed by atoms with Crippen molar-refractivity contribution in [1.29, 1.82) is 0 Å². The summed E-state index contributed by atoms with van der Waals surface area (Å²) in [4.78, 5) is 28.1. The molecule has 2 amide bonds. The van der Waals surface area contributed by atoms with Crippen molar-refractivity contribution in [3.63, 3.8) is 0 Å². The molecule has 0 spiro atoms. The van der Waals surface area contributed by atoms with Gasteiger partial charge in [0, 0.05) is 44.8 Å². The molecule has 8 nitrogen and oxygen atoms in total. The molecule has 1 saturated heterocycles. The van der Waals surface area contributed by atoms with Crippen molar-refractivity contribution < 1.29 is 18.0 Å². The maximum Gasteiger partial charge on any atom is 0.255 e. The Balaban J connectivity index is 1.35. The molecule has 0 unspecified atom stereocenters. The van der Waals surface area contributed by atoms with E-state index in [9.17, 15) is 18.0 Å². The third-order valence-corrected chi connectivity index (χ3v) is 7.66. The van der Waals surface area contributed by atoms with Crippen LogP contribution in [0.3, 0.4) is 0 Å². The van der Waals surface area contributed by atoms with Crippen molar-refractivity contribution in [3.05, 3.63) is 101 Å². The molecule has 4 rings (SSSR count). The van der Waals surface area contributed by atoms with Crippen LogP contribution in [0.2, 0.25) is 0 Å². The first-order chi connectivity index (χ1) is 17.8. The van der Waals surface area contributed by atoms with E-state index in [4.69, 9.17) is 0 Å². The van der Waals surface area contributed by atoms with Gasteiger partial charge in [0.15, 0.2) is 0 Å². The summed E-state index contributed by atoms with van der Waals surface area (Å²) >= 11 is 0. The number of nitrogens with one attached hydrogen (secondary N) is 2. The molecule has 0 saturated carbocycles. The Kier molecular flexibility index (Phi) is 8.70. The molecule has 0 aromatic heterocycles. The van der Waals surface area contributed by atoms with Crippen molar-refractivity contribution in [3.8, 4) is 0 Å². The molecule has 9 heteroatoms. The fourth-order valence-electron chi connectivity index (χ4n) is 4.33. The van der Waals surface area contributed by atoms with E-state index in [0.717, 1.165) is 17.5 Å². The second-order valence-electron chi connectivity index (χ2n) is 9.13. The number of anilines is 1. The molecule has 1 aliphatic rings. The van der Waals surface area contributed by atoms with Gasteiger partial charge in [0.1, 0.15) is 0 Å². The Morgan fingerprint density at radius 1 is 0.811 bits per heavy atom. The maximum absolute atomic E-state index is 13.1. The van der Waals surface area contributed by atoms with Crippen LogP contribution in [0.25, 0.3) is 0 Å². The highest BCUT2D eigenvalue weighted by atomic mass is 32.2. The van der Waals surface area contributed by atoms with E-state index in [1.165, 1.54) is 10.6 Å². The van der Waals surface area contributed by atoms with Crippen LogP contribution in [0.4, 0.5) is 5.69 Å². The van der Waals surface area contributed by atoms with Crippen LogP contribution in [0.5, 0.6) is 0 Å². The van der Waals surface area contributed by atoms with Crippen LogP contribution in [0.15, 0.2) is 78.9 Å². The average molecular weight is 521 g/mol. The minimum Gasteiger partial charge on any atom is -0.352 e. The Labute approximate surface area is 218 Å². The summed E-state index contributed by atoms with van der Waals surface area (Å²) in [6, 6.07) is 24.2. The van der Waals surface area contributed by atoms with Gasteiger partial charge in [-0.3, -0.25) is 14.5 Å². The topological polar surface area (TPSA) is 98.8 Å². The largest absolute Gasteiger partial charge is 0.352 e. The summed E-state index contributed by atoms with van der Waals surface area (Å²) in [5, 5.41) is 5.81. The summed E-state index contributed by atoms with van der Waals surface area (Å²) in [7, 11) is -3.17. The van der Waals surface area contributed by atoms with E-state index in [2.05, 4.69) is 15.5 Å². The molecule has 0 aliphatic carbocycles. The molecule has 0 bridgehead atoms. The van der Waals surface area contributed by atoms with E-state index in [1.807, 2.05) is 48.5 Å². The van der Waals surface area contributed by atoms with Gasteiger partial charge >= 0.3 is 0 Å². The molecular weight excluding hydrogens is 488 g/mol. The van der Waals surface area contributed by atoms with Crippen molar-refractivity contribution in [2.24, 2.45) is 0 Å². The van der Waals surface area contributed by atoms with Crippen molar-refractivity contribution in [2.45, 2.75) is 13.0 Å². The lowest BCUT2D eigenvalue weighted by atomic mass is 10.1. The van der Waals surface area contributed by atoms with E-state index < -0.39 is 10.0 Å². The van der Waals surface area contributed by atoms with Gasteiger partial charge in [-0.05, 0) is 41.8 Å². The Bertz CT molecular complexity index is 1340. The Hall–Kier alpha value is -3.53. The van der Waals surface area contributed by atoms with Gasteiger partial charge in [0.25, 0.3) is 11.8 Å². The first-order valence-corrected chi connectivity index (χ1v) is 14.1. The van der Waals surface area contributed by atoms with E-state index in [-0.39, 0.29) is 11.8 Å². The monoisotopic (exact) mass is 520 g/mol. The van der Waals surface area contributed by atoms with Gasteiger partial charge in [0.05, 0.1) is 17.5 Å². The van der Waals surface area contributed by atoms with Crippen LogP contribution in [0, 0.1) is 0 Å². The third kappa shape index (κ3) is 7.48. The molecule has 2 N–H and O–H groups in total. The smallest absolute Gasteiger partial charge is 0.255 e. The quantitative estimate of drug-likeness (QED) is 0.452. The van der Waals surface area contributed by atoms with Crippen LogP contribution in [-0.4, -0.2) is 68.4 Å². The summed E-state index contributed by atoms with van der Waals surface area (Å²) < 4.78 is 25.0. The average Bonchev–Trinajstić information content (AvgIpc) is 2.89. The first kappa shape index (κ1) is 26.5. The summed E-state index contributed by atoms with van der Waals surface area (Å²) in [6.45, 7) is 3.31. The lowest BCUT2D eigenvalue weighted by Crippen LogP contribution is -2.47. The zero-order chi connectivity index (χ0) is 26.3. The molecule has 3 aromatic carbocycles. The highest BCUT2D eigenvalue weighted by Crippen LogP contribution is 2.18. The molecule has 0 radical (unpaired) electrons. The molecule has 37 heavy (non-hydrogen) atoms. The number of nitrogens with zero attached hydrogens (tertiary/aromatic N) is 2. The minimum absolute atomic E-state index is 0.242. The zero-order valence-electron chi connectivity index (χ0n) is 20.9. The van der Waals surface area contributed by atoms with E-state index in [1.54, 1.807) is 30.3 Å². The second kappa shape index (κ2) is 12.1. The number of piperazine rings is 1. The van der Waals surface area contributed by atoms with Gasteiger partial charge in [-0.2, -0.15) is 4.31 Å². The van der Waals surface area contributed by atoms with Gasteiger partial charge in [-0.1, -0.05) is 54.6 Å². The molecular formula is C28H32N4O4S. The van der Waals surface area contributed by atoms with Gasteiger partial charge in [-0.15, -0.1) is 0 Å². The van der Waals surface area contributed by atoms with Crippen molar-refractivity contribution >= 4 is 27.5 Å². The Morgan fingerprint density at radius 3 is 2.22 bits per heavy atom. The number of rotatable bonds is 9.